The fourth-order valence-electron chi connectivity index (χ4n) is 3.34. The molecular formula is C18H26N2OS. The summed E-state index contributed by atoms with van der Waals surface area (Å²) in [5.74, 6) is 2.23. The molecule has 120 valence electrons. The van der Waals surface area contributed by atoms with E-state index in [9.17, 15) is 4.79 Å². The van der Waals surface area contributed by atoms with Gasteiger partial charge in [-0.1, -0.05) is 19.3 Å². The van der Waals surface area contributed by atoms with Gasteiger partial charge in [-0.05, 0) is 62.4 Å². The minimum Gasteiger partial charge on any atom is -0.325 e. The van der Waals surface area contributed by atoms with Crippen LogP contribution in [0.4, 0.5) is 5.69 Å². The lowest BCUT2D eigenvalue weighted by Crippen LogP contribution is -2.35. The molecule has 22 heavy (non-hydrogen) atoms. The van der Waals surface area contributed by atoms with Crippen LogP contribution < -0.4 is 10.6 Å². The van der Waals surface area contributed by atoms with Gasteiger partial charge in [0.25, 0.3) is 0 Å². The third kappa shape index (κ3) is 4.50. The topological polar surface area (TPSA) is 41.1 Å². The summed E-state index contributed by atoms with van der Waals surface area (Å²) in [6.07, 6.45) is 9.07. The molecule has 2 N–H and O–H groups in total. The van der Waals surface area contributed by atoms with E-state index in [2.05, 4.69) is 22.8 Å². The average molecular weight is 318 g/mol. The van der Waals surface area contributed by atoms with Gasteiger partial charge in [-0.25, -0.2) is 0 Å². The van der Waals surface area contributed by atoms with Crippen LogP contribution >= 0.6 is 11.8 Å². The molecule has 1 aliphatic carbocycles. The van der Waals surface area contributed by atoms with Crippen LogP contribution in [-0.4, -0.2) is 24.2 Å². The third-order valence-electron chi connectivity index (χ3n) is 4.71. The molecule has 1 saturated heterocycles. The van der Waals surface area contributed by atoms with Gasteiger partial charge in [-0.2, -0.15) is 0 Å². The molecule has 1 aliphatic heterocycles. The first-order chi connectivity index (χ1) is 10.8. The molecule has 3 rings (SSSR count). The number of hydrogen-bond donors (Lipinski definition) is 2. The second-order valence-corrected chi connectivity index (χ2v) is 7.57. The highest BCUT2D eigenvalue weighted by atomic mass is 32.2. The Labute approximate surface area is 137 Å². The fourth-order valence-corrected chi connectivity index (χ4v) is 4.43. The molecule has 0 radical (unpaired) electrons. The van der Waals surface area contributed by atoms with E-state index in [1.54, 1.807) is 0 Å². The van der Waals surface area contributed by atoms with Gasteiger partial charge in [-0.3, -0.25) is 4.79 Å². The Hall–Kier alpha value is -1.00. The van der Waals surface area contributed by atoms with Crippen LogP contribution in [0.15, 0.2) is 29.2 Å². The predicted molar refractivity (Wildman–Crippen MR) is 93.4 cm³/mol. The Morgan fingerprint density at radius 2 is 1.86 bits per heavy atom. The van der Waals surface area contributed by atoms with Gasteiger partial charge in [0.2, 0.25) is 5.91 Å². The maximum Gasteiger partial charge on any atom is 0.241 e. The van der Waals surface area contributed by atoms with Crippen molar-refractivity contribution in [2.75, 3.05) is 17.6 Å². The van der Waals surface area contributed by atoms with Crippen molar-refractivity contribution < 1.29 is 4.79 Å². The highest BCUT2D eigenvalue weighted by Crippen LogP contribution is 2.30. The van der Waals surface area contributed by atoms with E-state index in [0.717, 1.165) is 31.0 Å². The molecule has 1 saturated carbocycles. The van der Waals surface area contributed by atoms with Crippen molar-refractivity contribution in [2.24, 2.45) is 5.92 Å². The number of carbonyl (C=O) groups excluding carboxylic acids is 1. The normalized spacial score (nSPS) is 22.6. The molecule has 0 bridgehead atoms. The van der Waals surface area contributed by atoms with Crippen molar-refractivity contribution >= 4 is 23.4 Å². The highest BCUT2D eigenvalue weighted by molar-refractivity contribution is 7.99. The second-order valence-electron chi connectivity index (χ2n) is 6.48. The molecule has 0 spiro atoms. The smallest absolute Gasteiger partial charge is 0.241 e. The average Bonchev–Trinajstić information content (AvgIpc) is 3.10. The van der Waals surface area contributed by atoms with Gasteiger partial charge in [0.1, 0.15) is 0 Å². The van der Waals surface area contributed by atoms with Crippen molar-refractivity contribution in [2.45, 2.75) is 55.9 Å². The molecule has 0 aromatic heterocycles. The Kier molecular flexibility index (Phi) is 5.79. The molecular weight excluding hydrogens is 292 g/mol. The van der Waals surface area contributed by atoms with E-state index < -0.39 is 0 Å². The van der Waals surface area contributed by atoms with Gasteiger partial charge in [-0.15, -0.1) is 11.8 Å². The summed E-state index contributed by atoms with van der Waals surface area (Å²) in [6, 6.07) is 8.29. The van der Waals surface area contributed by atoms with Crippen molar-refractivity contribution in [1.29, 1.82) is 0 Å². The number of thioether (sulfide) groups is 1. The van der Waals surface area contributed by atoms with E-state index >= 15 is 0 Å². The van der Waals surface area contributed by atoms with Crippen LogP contribution in [0, 0.1) is 5.92 Å². The summed E-state index contributed by atoms with van der Waals surface area (Å²) in [6.45, 7) is 0.953. The number of carbonyl (C=O) groups is 1. The van der Waals surface area contributed by atoms with Crippen molar-refractivity contribution in [3.05, 3.63) is 24.3 Å². The number of hydrogen-bond acceptors (Lipinski definition) is 3. The summed E-state index contributed by atoms with van der Waals surface area (Å²) < 4.78 is 0. The largest absolute Gasteiger partial charge is 0.325 e. The first-order valence-electron chi connectivity index (χ1n) is 8.58. The lowest BCUT2D eigenvalue weighted by molar-refractivity contribution is -0.117. The monoisotopic (exact) mass is 318 g/mol. The highest BCUT2D eigenvalue weighted by Gasteiger charge is 2.21. The molecule has 1 aromatic carbocycles. The van der Waals surface area contributed by atoms with Gasteiger partial charge in [0.15, 0.2) is 0 Å². The van der Waals surface area contributed by atoms with Crippen molar-refractivity contribution in [3.63, 3.8) is 0 Å². The van der Waals surface area contributed by atoms with E-state index in [1.807, 2.05) is 23.9 Å². The minimum absolute atomic E-state index is 0.0136. The Balaban J connectivity index is 1.46. The zero-order valence-corrected chi connectivity index (χ0v) is 14.0. The maximum absolute atomic E-state index is 12.1. The van der Waals surface area contributed by atoms with E-state index in [-0.39, 0.29) is 11.9 Å². The first-order valence-corrected chi connectivity index (χ1v) is 9.57. The van der Waals surface area contributed by atoms with Crippen LogP contribution in [-0.2, 0) is 4.79 Å². The molecule has 0 unspecified atom stereocenters. The maximum atomic E-state index is 12.1. The zero-order valence-electron chi connectivity index (χ0n) is 13.1. The Morgan fingerprint density at radius 3 is 2.55 bits per heavy atom. The number of benzene rings is 1. The van der Waals surface area contributed by atoms with E-state index in [0.29, 0.717) is 0 Å². The third-order valence-corrected chi connectivity index (χ3v) is 5.95. The number of nitrogens with one attached hydrogen (secondary N) is 2. The quantitative estimate of drug-likeness (QED) is 0.805. The second kappa shape index (κ2) is 8.02. The van der Waals surface area contributed by atoms with Gasteiger partial charge < -0.3 is 10.6 Å². The summed E-state index contributed by atoms with van der Waals surface area (Å²) in [5, 5.41) is 6.23. The molecule has 1 heterocycles. The summed E-state index contributed by atoms with van der Waals surface area (Å²) in [4.78, 5) is 13.4. The number of anilines is 1. The molecule has 3 nitrogen and oxygen atoms in total. The minimum atomic E-state index is -0.0136. The summed E-state index contributed by atoms with van der Waals surface area (Å²) >= 11 is 1.95. The first kappa shape index (κ1) is 15.9. The van der Waals surface area contributed by atoms with E-state index in [1.165, 1.54) is 42.8 Å². The Bertz CT molecular complexity index is 476. The predicted octanol–water partition coefficient (Wildman–Crippen LogP) is 4.05. The van der Waals surface area contributed by atoms with Crippen molar-refractivity contribution in [3.8, 4) is 0 Å². The lowest BCUT2D eigenvalue weighted by Gasteiger charge is -2.20. The SMILES string of the molecule is O=C(Nc1ccc(SCC2CCCCC2)cc1)[C@H]1CCCN1. The molecule has 1 amide bonds. The summed E-state index contributed by atoms with van der Waals surface area (Å²) in [7, 11) is 0. The van der Waals surface area contributed by atoms with Crippen LogP contribution in [0.2, 0.25) is 0 Å². The van der Waals surface area contributed by atoms with E-state index in [4.69, 9.17) is 0 Å². The number of amides is 1. The van der Waals surface area contributed by atoms with Gasteiger partial charge in [0.05, 0.1) is 6.04 Å². The molecule has 4 heteroatoms. The van der Waals surface area contributed by atoms with Gasteiger partial charge in [0, 0.05) is 16.3 Å². The summed E-state index contributed by atoms with van der Waals surface area (Å²) in [5.41, 5.74) is 0.903. The van der Waals surface area contributed by atoms with Crippen LogP contribution in [0.1, 0.15) is 44.9 Å². The molecule has 1 atom stereocenters. The Morgan fingerprint density at radius 1 is 1.09 bits per heavy atom. The van der Waals surface area contributed by atoms with Crippen LogP contribution in [0.5, 0.6) is 0 Å². The van der Waals surface area contributed by atoms with Gasteiger partial charge >= 0.3 is 0 Å². The molecule has 2 aliphatic rings. The fraction of sp³-hybridized carbons (Fsp3) is 0.611. The zero-order chi connectivity index (χ0) is 15.2. The van der Waals surface area contributed by atoms with Crippen LogP contribution in [0.25, 0.3) is 0 Å². The molecule has 2 fully saturated rings. The lowest BCUT2D eigenvalue weighted by atomic mass is 9.91. The molecule has 1 aromatic rings. The number of rotatable bonds is 5. The van der Waals surface area contributed by atoms with Crippen molar-refractivity contribution in [1.82, 2.24) is 5.32 Å². The van der Waals surface area contributed by atoms with Crippen LogP contribution in [0.3, 0.4) is 0 Å². The standard InChI is InChI=1S/C18H26N2OS/c21-18(17-7-4-12-19-17)20-15-8-10-16(11-9-15)22-13-14-5-2-1-3-6-14/h8-11,14,17,19H,1-7,12-13H2,(H,20,21)/t17-/m1/s1.